The Kier molecular flexibility index (Phi) is 12.6. The van der Waals surface area contributed by atoms with Gasteiger partial charge in [0.25, 0.3) is 0 Å². The Bertz CT molecular complexity index is 1470. The minimum absolute atomic E-state index is 0.0696. The first-order chi connectivity index (χ1) is 20.2. The molecule has 44 heavy (non-hydrogen) atoms. The third kappa shape index (κ3) is 8.80. The number of thioether (sulfide) groups is 2. The molecule has 0 bridgehead atoms. The van der Waals surface area contributed by atoms with Crippen molar-refractivity contribution in [1.29, 1.82) is 0 Å². The summed E-state index contributed by atoms with van der Waals surface area (Å²) in [4.78, 5) is 41.0. The molecular formula is C17H25Cl2F3N5O12P3S2. The van der Waals surface area contributed by atoms with Crippen molar-refractivity contribution in [2.75, 3.05) is 36.7 Å². The molecule has 6 atom stereocenters. The standard InChI is InChI=1S/C17H25Cl2F3N5O12P3S2/c1-36-42(35,39-41(33,34)17(18,19)40(30,31)32)38-14-10(29)9(28)13(37-14)27-7-24-8-11(23-4-6-43-2)25-15(26-12(8)27)44-5-3-16(20,21)22/h7,9-10,13-14,28-29H,3-6H2,1-2H3,(H,33,34)(H,23,25,26)(H2,30,31,32)/t9-,10+,13-,14-,42?/m1/s1. The normalized spacial score (nSPS) is 24.4. The van der Waals surface area contributed by atoms with E-state index in [9.17, 15) is 51.8 Å². The Balaban J connectivity index is 1.91. The molecule has 0 spiro atoms. The molecule has 252 valence electrons. The van der Waals surface area contributed by atoms with Crippen LogP contribution in [0.3, 0.4) is 0 Å². The molecule has 0 aromatic carbocycles. The molecule has 1 aliphatic rings. The number of alkyl halides is 5. The highest BCUT2D eigenvalue weighted by atomic mass is 35.5. The number of hydrogen-bond donors (Lipinski definition) is 6. The van der Waals surface area contributed by atoms with E-state index in [-0.39, 0.29) is 22.1 Å². The lowest BCUT2D eigenvalue weighted by Crippen LogP contribution is -2.32. The second-order valence-corrected chi connectivity index (χ2v) is 19.0. The Labute approximate surface area is 264 Å². The van der Waals surface area contributed by atoms with Crippen molar-refractivity contribution in [2.24, 2.45) is 0 Å². The van der Waals surface area contributed by atoms with E-state index in [0.717, 1.165) is 10.9 Å². The molecule has 1 saturated heterocycles. The number of phosphoric acid groups is 1. The van der Waals surface area contributed by atoms with Crippen molar-refractivity contribution in [1.82, 2.24) is 19.5 Å². The molecule has 1 fully saturated rings. The number of aliphatic hydroxyl groups is 2. The van der Waals surface area contributed by atoms with E-state index in [1.165, 1.54) is 11.8 Å². The van der Waals surface area contributed by atoms with Crippen LogP contribution >= 0.6 is 69.7 Å². The average Bonchev–Trinajstić information content (AvgIpc) is 3.43. The van der Waals surface area contributed by atoms with Crippen molar-refractivity contribution < 1.29 is 69.9 Å². The monoisotopic (exact) mass is 775 g/mol. The highest BCUT2D eigenvalue weighted by Crippen LogP contribution is 2.80. The van der Waals surface area contributed by atoms with Crippen LogP contribution in [0.1, 0.15) is 12.6 Å². The minimum Gasteiger partial charge on any atom is -0.385 e. The van der Waals surface area contributed by atoms with Gasteiger partial charge in [0.05, 0.1) is 12.7 Å². The number of aromatic nitrogens is 4. The fourth-order valence-corrected chi connectivity index (χ4v) is 9.06. The van der Waals surface area contributed by atoms with Crippen LogP contribution in [0, 0.1) is 0 Å². The fourth-order valence-electron chi connectivity index (χ4n) is 3.32. The number of nitrogens with one attached hydrogen (secondary N) is 1. The summed E-state index contributed by atoms with van der Waals surface area (Å²) in [5, 5.41) is 24.2. The quantitative estimate of drug-likeness (QED) is 0.0499. The third-order valence-electron chi connectivity index (χ3n) is 5.44. The highest BCUT2D eigenvalue weighted by Gasteiger charge is 2.63. The summed E-state index contributed by atoms with van der Waals surface area (Å²) in [5.74, 6) is 0.355. The zero-order valence-corrected chi connectivity index (χ0v) is 28.0. The van der Waals surface area contributed by atoms with E-state index in [0.29, 0.717) is 31.2 Å². The van der Waals surface area contributed by atoms with E-state index in [4.69, 9.17) is 32.5 Å². The van der Waals surface area contributed by atoms with Crippen molar-refractivity contribution in [3.05, 3.63) is 6.33 Å². The van der Waals surface area contributed by atoms with E-state index in [1.807, 2.05) is 6.26 Å². The molecule has 2 unspecified atom stereocenters. The second-order valence-electron chi connectivity index (χ2n) is 8.58. The number of hydrogen-bond acceptors (Lipinski definition) is 15. The SMILES string of the molecule is COP(=O)(O[C@H]1O[C@@H](n2cnc3c(NCCSC)nc(SCCC(F)(F)F)nc32)[C@H](O)[C@@H]1O)OP(=O)(O)C(Cl)(Cl)P(=O)(O)O. The number of nitrogens with zero attached hydrogens (tertiary/aromatic N) is 4. The zero-order chi connectivity index (χ0) is 33.3. The first-order valence-corrected chi connectivity index (χ1v) is 19.5. The van der Waals surface area contributed by atoms with Gasteiger partial charge < -0.3 is 34.9 Å². The molecular weight excluding hydrogens is 751 g/mol. The van der Waals surface area contributed by atoms with Crippen LogP contribution in [0.4, 0.5) is 19.0 Å². The summed E-state index contributed by atoms with van der Waals surface area (Å²) in [5.41, 5.74) is 0.0332. The van der Waals surface area contributed by atoms with Gasteiger partial charge in [-0.05, 0) is 6.26 Å². The van der Waals surface area contributed by atoms with Gasteiger partial charge in [-0.3, -0.25) is 22.7 Å². The molecule has 27 heteroatoms. The van der Waals surface area contributed by atoms with Gasteiger partial charge in [0, 0.05) is 25.2 Å². The summed E-state index contributed by atoms with van der Waals surface area (Å²) in [7, 11) is -16.5. The van der Waals surface area contributed by atoms with Crippen LogP contribution in [0.15, 0.2) is 11.5 Å². The Morgan fingerprint density at radius 2 is 1.80 bits per heavy atom. The van der Waals surface area contributed by atoms with Gasteiger partial charge in [-0.1, -0.05) is 35.0 Å². The number of rotatable bonds is 15. The minimum atomic E-state index is -5.94. The lowest BCUT2D eigenvalue weighted by molar-refractivity contribution is -0.134. The molecule has 3 heterocycles. The zero-order valence-electron chi connectivity index (χ0n) is 22.1. The maximum atomic E-state index is 13.0. The van der Waals surface area contributed by atoms with Gasteiger partial charge in [-0.2, -0.15) is 24.9 Å². The lowest BCUT2D eigenvalue weighted by Gasteiger charge is -2.28. The summed E-state index contributed by atoms with van der Waals surface area (Å²) in [6.07, 6.45) is -10.4. The second kappa shape index (κ2) is 14.5. The van der Waals surface area contributed by atoms with E-state index in [1.54, 1.807) is 0 Å². The fraction of sp³-hybridized carbons (Fsp3) is 0.706. The van der Waals surface area contributed by atoms with Gasteiger partial charge in [0.15, 0.2) is 34.7 Å². The van der Waals surface area contributed by atoms with Gasteiger partial charge in [-0.15, -0.1) is 0 Å². The first kappa shape index (κ1) is 38.2. The van der Waals surface area contributed by atoms with Gasteiger partial charge >= 0.3 is 33.0 Å². The molecule has 3 rings (SSSR count). The summed E-state index contributed by atoms with van der Waals surface area (Å²) in [6, 6.07) is 0. The summed E-state index contributed by atoms with van der Waals surface area (Å²) >= 11 is 12.8. The van der Waals surface area contributed by atoms with Gasteiger partial charge in [-0.25, -0.2) is 23.8 Å². The van der Waals surface area contributed by atoms with Crippen LogP contribution in [0.5, 0.6) is 0 Å². The molecule has 17 nitrogen and oxygen atoms in total. The third-order valence-corrected chi connectivity index (χ3v) is 15.0. The topological polar surface area (TPSA) is 245 Å². The maximum Gasteiger partial charge on any atom is 0.484 e. The first-order valence-electron chi connectivity index (χ1n) is 11.7. The Hall–Kier alpha value is -0.250. The predicted molar refractivity (Wildman–Crippen MR) is 153 cm³/mol. The molecule has 0 radical (unpaired) electrons. The smallest absolute Gasteiger partial charge is 0.385 e. The molecule has 0 saturated carbocycles. The number of imidazole rings is 1. The van der Waals surface area contributed by atoms with Crippen molar-refractivity contribution >= 4 is 86.7 Å². The van der Waals surface area contributed by atoms with E-state index in [2.05, 4.69) is 29.1 Å². The van der Waals surface area contributed by atoms with Crippen LogP contribution in [0.2, 0.25) is 0 Å². The number of halogens is 5. The molecule has 2 aromatic rings. The predicted octanol–water partition coefficient (Wildman–Crippen LogP) is 3.46. The molecule has 0 amide bonds. The van der Waals surface area contributed by atoms with Crippen LogP contribution in [-0.2, 0) is 31.8 Å². The molecule has 2 aromatic heterocycles. The van der Waals surface area contributed by atoms with Gasteiger partial charge in [0.1, 0.15) is 12.2 Å². The van der Waals surface area contributed by atoms with Crippen LogP contribution < -0.4 is 5.32 Å². The summed E-state index contributed by atoms with van der Waals surface area (Å²) in [6.45, 7) is 0.388. The number of ether oxygens (including phenoxy) is 1. The van der Waals surface area contributed by atoms with E-state index >= 15 is 0 Å². The average molecular weight is 776 g/mol. The van der Waals surface area contributed by atoms with Crippen molar-refractivity contribution in [3.63, 3.8) is 0 Å². The Morgan fingerprint density at radius 1 is 1.14 bits per heavy atom. The highest BCUT2D eigenvalue weighted by molar-refractivity contribution is 7.99. The van der Waals surface area contributed by atoms with Crippen LogP contribution in [-0.4, -0.2) is 104 Å². The van der Waals surface area contributed by atoms with Crippen molar-refractivity contribution in [3.8, 4) is 0 Å². The Morgan fingerprint density at radius 3 is 2.36 bits per heavy atom. The molecule has 6 N–H and O–H groups in total. The van der Waals surface area contributed by atoms with Gasteiger partial charge in [0.2, 0.25) is 0 Å². The number of phosphoric ester groups is 1. The number of anilines is 1. The van der Waals surface area contributed by atoms with Crippen molar-refractivity contribution in [2.45, 2.75) is 46.3 Å². The number of fused-ring (bicyclic) bond motifs is 1. The lowest BCUT2D eigenvalue weighted by atomic mass is 10.2. The van der Waals surface area contributed by atoms with E-state index < -0.39 is 69.9 Å². The molecule has 1 aliphatic heterocycles. The molecule has 0 aliphatic carbocycles. The maximum absolute atomic E-state index is 13.0. The largest absolute Gasteiger partial charge is 0.484 e. The number of aliphatic hydroxyl groups excluding tert-OH is 2. The summed E-state index contributed by atoms with van der Waals surface area (Å²) < 4.78 is 91.4. The van der Waals surface area contributed by atoms with Crippen LogP contribution in [0.25, 0.3) is 11.2 Å².